The summed E-state index contributed by atoms with van der Waals surface area (Å²) in [5.41, 5.74) is 0.936. The zero-order valence-electron chi connectivity index (χ0n) is 12.9. The van der Waals surface area contributed by atoms with Crippen LogP contribution in [0, 0.1) is 0 Å². The smallest absolute Gasteiger partial charge is 0.146 e. The van der Waals surface area contributed by atoms with Gasteiger partial charge in [0.25, 0.3) is 0 Å². The number of thiophene rings is 1. The summed E-state index contributed by atoms with van der Waals surface area (Å²) in [6, 6.07) is 14.4. The first kappa shape index (κ1) is 15.2. The number of para-hydroxylation sites is 1. The maximum absolute atomic E-state index is 6.53. The van der Waals surface area contributed by atoms with Crippen molar-refractivity contribution in [1.29, 1.82) is 0 Å². The topological polar surface area (TPSA) is 34.1 Å². The summed E-state index contributed by atoms with van der Waals surface area (Å²) in [7, 11) is 2.90. The number of nitrogens with zero attached hydrogens (tertiary/aromatic N) is 1. The van der Waals surface area contributed by atoms with E-state index >= 15 is 0 Å². The second-order valence-electron chi connectivity index (χ2n) is 5.50. The lowest BCUT2D eigenvalue weighted by Gasteiger charge is -2.30. The lowest BCUT2D eigenvalue weighted by Crippen LogP contribution is -2.36. The Labute approximate surface area is 137 Å². The summed E-state index contributed by atoms with van der Waals surface area (Å²) >= 11 is 1.77. The Morgan fingerprint density at radius 1 is 1.23 bits per heavy atom. The van der Waals surface area contributed by atoms with E-state index in [1.807, 2.05) is 31.4 Å². The maximum atomic E-state index is 6.53. The van der Waals surface area contributed by atoms with Crippen LogP contribution >= 0.6 is 11.3 Å². The number of ether oxygens (including phenoxy) is 1. The number of nitrogens with one attached hydrogen (secondary N) is 1. The van der Waals surface area contributed by atoms with Crippen molar-refractivity contribution in [1.82, 2.24) is 10.3 Å². The van der Waals surface area contributed by atoms with Crippen LogP contribution in [0.3, 0.4) is 0 Å². The van der Waals surface area contributed by atoms with E-state index in [1.165, 1.54) is 4.88 Å². The van der Waals surface area contributed by atoms with Crippen LogP contribution in [0.25, 0.3) is 10.9 Å². The lowest BCUT2D eigenvalue weighted by atomic mass is 10.1. The van der Waals surface area contributed by atoms with Gasteiger partial charge < -0.3 is 10.1 Å². The molecule has 0 bridgehead atoms. The van der Waals surface area contributed by atoms with Gasteiger partial charge in [-0.3, -0.25) is 4.98 Å². The first-order valence-corrected chi connectivity index (χ1v) is 9.32. The van der Waals surface area contributed by atoms with E-state index in [1.54, 1.807) is 11.3 Å². The van der Waals surface area contributed by atoms with E-state index in [0.717, 1.165) is 39.9 Å². The highest BCUT2D eigenvalue weighted by atomic mass is 32.1. The molecule has 1 atom stereocenters. The number of aromatic nitrogens is 1. The average Bonchev–Trinajstić information content (AvgIpc) is 3.09. The normalized spacial score (nSPS) is 14.0. The van der Waals surface area contributed by atoms with Gasteiger partial charge in [0.05, 0.1) is 10.2 Å². The number of hydrogen-bond acceptors (Lipinski definition) is 4. The molecule has 0 radical (unpaired) electrons. The number of pyridine rings is 1. The number of fused-ring (bicyclic) bond motifs is 1. The molecule has 0 amide bonds. The largest absolute Gasteiger partial charge is 0.484 e. The van der Waals surface area contributed by atoms with Crippen LogP contribution in [0.2, 0.25) is 0 Å². The van der Waals surface area contributed by atoms with Crippen LogP contribution in [0.15, 0.2) is 54.0 Å². The Bertz CT molecular complexity index is 742. The minimum Gasteiger partial charge on any atom is -0.484 e. The third-order valence-electron chi connectivity index (χ3n) is 3.83. The van der Waals surface area contributed by atoms with Gasteiger partial charge in [0, 0.05) is 22.9 Å². The average molecular weight is 329 g/mol. The second-order valence-corrected chi connectivity index (χ2v) is 8.06. The molecule has 0 fully saturated rings. The standard InChI is InChI=1S/C17H20N2OSSi/c1-18-11-9-17(22,15-8-4-12-21-15)20-14-7-2-5-13-6-3-10-19-16(13)14/h2-8,10,12,18H,9,11H2,1,22H3. The van der Waals surface area contributed by atoms with Crippen molar-refractivity contribution in [2.75, 3.05) is 13.6 Å². The third kappa shape index (κ3) is 3.06. The van der Waals surface area contributed by atoms with E-state index in [2.05, 4.69) is 39.9 Å². The zero-order chi connectivity index (χ0) is 15.4. The van der Waals surface area contributed by atoms with Gasteiger partial charge in [-0.15, -0.1) is 11.3 Å². The predicted octanol–water partition coefficient (Wildman–Crippen LogP) is 2.50. The highest BCUT2D eigenvalue weighted by Gasteiger charge is 2.30. The molecule has 114 valence electrons. The van der Waals surface area contributed by atoms with Gasteiger partial charge in [-0.1, -0.05) is 24.3 Å². The van der Waals surface area contributed by atoms with Crippen LogP contribution in [0.5, 0.6) is 5.75 Å². The first-order chi connectivity index (χ1) is 10.7. The van der Waals surface area contributed by atoms with Crippen molar-refractivity contribution in [2.24, 2.45) is 0 Å². The van der Waals surface area contributed by atoms with E-state index in [4.69, 9.17) is 4.74 Å². The summed E-state index contributed by atoms with van der Waals surface area (Å²) in [6.45, 7) is 0.930. The molecule has 0 aliphatic heterocycles. The first-order valence-electron chi connectivity index (χ1n) is 7.44. The van der Waals surface area contributed by atoms with Crippen LogP contribution < -0.4 is 10.1 Å². The fraction of sp³-hybridized carbons (Fsp3) is 0.235. The number of benzene rings is 1. The van der Waals surface area contributed by atoms with Gasteiger partial charge >= 0.3 is 0 Å². The Morgan fingerprint density at radius 2 is 2.09 bits per heavy atom. The molecule has 1 unspecified atom stereocenters. The molecule has 5 heteroatoms. The Morgan fingerprint density at radius 3 is 2.86 bits per heavy atom. The summed E-state index contributed by atoms with van der Waals surface area (Å²) in [5.74, 6) is 0.873. The third-order valence-corrected chi connectivity index (χ3v) is 6.55. The molecular weight excluding hydrogens is 308 g/mol. The zero-order valence-corrected chi connectivity index (χ0v) is 15.7. The monoisotopic (exact) mass is 328 g/mol. The van der Waals surface area contributed by atoms with Gasteiger partial charge in [0.1, 0.15) is 16.5 Å². The molecule has 2 aromatic heterocycles. The summed E-state index contributed by atoms with van der Waals surface area (Å²) in [4.78, 5) is 5.80. The van der Waals surface area contributed by atoms with Gasteiger partial charge in [0.15, 0.2) is 0 Å². The van der Waals surface area contributed by atoms with E-state index < -0.39 is 0 Å². The summed E-state index contributed by atoms with van der Waals surface area (Å²) < 4.78 is 6.53. The Balaban J connectivity index is 1.99. The van der Waals surface area contributed by atoms with Crippen LogP contribution in [-0.2, 0) is 5.22 Å². The summed E-state index contributed by atoms with van der Waals surface area (Å²) in [5, 5.41) is 6.25. The molecule has 0 saturated heterocycles. The van der Waals surface area contributed by atoms with Crippen LogP contribution in [0.1, 0.15) is 11.3 Å². The molecule has 0 saturated carbocycles. The molecule has 0 spiro atoms. The predicted molar refractivity (Wildman–Crippen MR) is 96.9 cm³/mol. The molecule has 1 aromatic carbocycles. The quantitative estimate of drug-likeness (QED) is 0.706. The van der Waals surface area contributed by atoms with Crippen molar-refractivity contribution in [3.05, 3.63) is 58.9 Å². The molecule has 3 nitrogen and oxygen atoms in total. The van der Waals surface area contributed by atoms with Crippen molar-refractivity contribution in [3.8, 4) is 5.75 Å². The number of rotatable bonds is 6. The maximum Gasteiger partial charge on any atom is 0.146 e. The Hall–Kier alpha value is -1.69. The number of hydrogen-bond donors (Lipinski definition) is 1. The molecule has 0 aliphatic rings. The van der Waals surface area contributed by atoms with Crippen LogP contribution in [0.4, 0.5) is 0 Å². The van der Waals surface area contributed by atoms with Gasteiger partial charge in [-0.05, 0) is 37.2 Å². The second kappa shape index (κ2) is 6.60. The fourth-order valence-corrected chi connectivity index (χ4v) is 4.41. The fourth-order valence-electron chi connectivity index (χ4n) is 2.57. The van der Waals surface area contributed by atoms with Crippen LogP contribution in [-0.4, -0.2) is 28.8 Å². The van der Waals surface area contributed by atoms with Gasteiger partial charge in [0.2, 0.25) is 0 Å². The summed E-state index contributed by atoms with van der Waals surface area (Å²) in [6.07, 6.45) is 2.78. The van der Waals surface area contributed by atoms with E-state index in [9.17, 15) is 0 Å². The van der Waals surface area contributed by atoms with Crippen molar-refractivity contribution in [2.45, 2.75) is 11.6 Å². The minimum atomic E-state index is -0.219. The van der Waals surface area contributed by atoms with Crippen molar-refractivity contribution in [3.63, 3.8) is 0 Å². The Kier molecular flexibility index (Phi) is 4.56. The van der Waals surface area contributed by atoms with E-state index in [-0.39, 0.29) is 5.22 Å². The molecule has 3 aromatic rings. The van der Waals surface area contributed by atoms with E-state index in [0.29, 0.717) is 0 Å². The molecule has 22 heavy (non-hydrogen) atoms. The highest BCUT2D eigenvalue weighted by Crippen LogP contribution is 2.34. The van der Waals surface area contributed by atoms with Crippen molar-refractivity contribution < 1.29 is 4.74 Å². The molecule has 1 N–H and O–H groups in total. The minimum absolute atomic E-state index is 0.219. The lowest BCUT2D eigenvalue weighted by molar-refractivity contribution is 0.152. The van der Waals surface area contributed by atoms with Crippen molar-refractivity contribution >= 4 is 32.5 Å². The molecule has 0 aliphatic carbocycles. The van der Waals surface area contributed by atoms with Gasteiger partial charge in [-0.2, -0.15) is 0 Å². The molecule has 3 rings (SSSR count). The van der Waals surface area contributed by atoms with Gasteiger partial charge in [-0.25, -0.2) is 0 Å². The highest BCUT2D eigenvalue weighted by molar-refractivity contribution is 7.10. The molecular formula is C17H20N2OSSi. The molecule has 2 heterocycles. The SMILES string of the molecule is CNCCC([SiH3])(Oc1cccc2cccnc12)c1cccs1.